The van der Waals surface area contributed by atoms with Crippen LogP contribution >= 0.6 is 11.6 Å². The van der Waals surface area contributed by atoms with E-state index in [0.29, 0.717) is 11.0 Å². The predicted molar refractivity (Wildman–Crippen MR) is 84.7 cm³/mol. The second-order valence-electron chi connectivity index (χ2n) is 5.34. The number of hydrogen-bond donors (Lipinski definition) is 1. The Bertz CT molecular complexity index is 895. The Morgan fingerprint density at radius 1 is 1.19 bits per heavy atom. The fraction of sp³-hybridized carbons (Fsp3) is 0.125. The van der Waals surface area contributed by atoms with Crippen LogP contribution in [0.25, 0.3) is 0 Å². The molecule has 2 aromatic rings. The Balaban J connectivity index is 1.75. The molecule has 134 valence electrons. The first-order valence-corrected chi connectivity index (χ1v) is 7.54. The number of rotatable bonds is 3. The fourth-order valence-corrected chi connectivity index (χ4v) is 2.65. The van der Waals surface area contributed by atoms with Gasteiger partial charge in [0.2, 0.25) is 5.91 Å². The largest absolute Gasteiger partial charge is 0.417 e. The second kappa shape index (κ2) is 6.41. The van der Waals surface area contributed by atoms with E-state index >= 15 is 0 Å². The molecule has 6 nitrogen and oxygen atoms in total. The molecule has 1 aromatic carbocycles. The van der Waals surface area contributed by atoms with Gasteiger partial charge in [-0.1, -0.05) is 11.6 Å². The van der Waals surface area contributed by atoms with Crippen molar-refractivity contribution >= 4 is 35.0 Å². The highest BCUT2D eigenvalue weighted by atomic mass is 35.5. The molecule has 1 N–H and O–H groups in total. The monoisotopic (exact) mass is 383 g/mol. The molecule has 0 aliphatic carbocycles. The molecule has 0 bridgehead atoms. The zero-order chi connectivity index (χ0) is 19.1. The van der Waals surface area contributed by atoms with E-state index in [1.54, 1.807) is 0 Å². The minimum Gasteiger partial charge on any atom is -0.325 e. The quantitative estimate of drug-likeness (QED) is 0.826. The van der Waals surface area contributed by atoms with Gasteiger partial charge in [-0.05, 0) is 30.3 Å². The average molecular weight is 384 g/mol. The van der Waals surface area contributed by atoms with E-state index in [-0.39, 0.29) is 16.9 Å². The second-order valence-corrected chi connectivity index (χ2v) is 5.74. The highest BCUT2D eigenvalue weighted by Crippen LogP contribution is 2.36. The highest BCUT2D eigenvalue weighted by Gasteiger charge is 2.38. The van der Waals surface area contributed by atoms with Crippen LogP contribution in [0.2, 0.25) is 5.02 Å². The van der Waals surface area contributed by atoms with E-state index in [0.717, 1.165) is 6.07 Å². The first kappa shape index (κ1) is 17.9. The summed E-state index contributed by atoms with van der Waals surface area (Å²) in [7, 11) is 0. The maximum atomic E-state index is 12.8. The maximum absolute atomic E-state index is 12.8. The number of nitrogens with zero attached hydrogens (tertiary/aromatic N) is 2. The highest BCUT2D eigenvalue weighted by molar-refractivity contribution is 6.31. The molecule has 3 amide bonds. The molecule has 0 saturated carbocycles. The van der Waals surface area contributed by atoms with E-state index < -0.39 is 41.0 Å². The topological polar surface area (TPSA) is 79.4 Å². The fourth-order valence-electron chi connectivity index (χ4n) is 2.42. The first-order valence-electron chi connectivity index (χ1n) is 7.16. The van der Waals surface area contributed by atoms with Crippen LogP contribution in [0.5, 0.6) is 0 Å². The number of nitrogens with one attached hydrogen (secondary N) is 1. The Hall–Kier alpha value is -2.94. The number of imide groups is 1. The summed E-state index contributed by atoms with van der Waals surface area (Å²) in [5, 5.41) is 1.70. The van der Waals surface area contributed by atoms with Crippen molar-refractivity contribution in [2.24, 2.45) is 0 Å². The molecule has 10 heteroatoms. The van der Waals surface area contributed by atoms with Gasteiger partial charge < -0.3 is 5.32 Å². The number of halogens is 4. The van der Waals surface area contributed by atoms with Gasteiger partial charge >= 0.3 is 6.18 Å². The number of alkyl halides is 3. The van der Waals surface area contributed by atoms with Crippen molar-refractivity contribution < 1.29 is 27.6 Å². The minimum atomic E-state index is -4.69. The van der Waals surface area contributed by atoms with Crippen LogP contribution in [0.4, 0.5) is 18.9 Å². The zero-order valence-corrected chi connectivity index (χ0v) is 13.6. The SMILES string of the molecule is O=C(CN1C(=O)c2cccnc2C1=O)Nc1ccc(Cl)c(C(F)(F)F)c1. The van der Waals surface area contributed by atoms with Crippen molar-refractivity contribution in [1.29, 1.82) is 0 Å². The van der Waals surface area contributed by atoms with Gasteiger partial charge in [0.1, 0.15) is 12.2 Å². The summed E-state index contributed by atoms with van der Waals surface area (Å²) in [6.07, 6.45) is -3.36. The molecule has 26 heavy (non-hydrogen) atoms. The molecule has 0 spiro atoms. The molecule has 0 unspecified atom stereocenters. The van der Waals surface area contributed by atoms with Crippen LogP contribution in [-0.4, -0.2) is 34.2 Å². The van der Waals surface area contributed by atoms with Crippen molar-refractivity contribution in [3.05, 3.63) is 58.4 Å². The number of benzene rings is 1. The molecule has 1 aliphatic rings. The summed E-state index contributed by atoms with van der Waals surface area (Å²) in [6.45, 7) is -0.655. The van der Waals surface area contributed by atoms with Crippen LogP contribution in [0, 0.1) is 0 Å². The van der Waals surface area contributed by atoms with Gasteiger partial charge in [-0.2, -0.15) is 13.2 Å². The number of anilines is 1. The zero-order valence-electron chi connectivity index (χ0n) is 12.8. The van der Waals surface area contributed by atoms with Gasteiger partial charge in [-0.15, -0.1) is 0 Å². The summed E-state index contributed by atoms with van der Waals surface area (Å²) >= 11 is 5.51. The van der Waals surface area contributed by atoms with Gasteiger partial charge in [0.05, 0.1) is 16.1 Å². The lowest BCUT2D eigenvalue weighted by atomic mass is 10.2. The number of hydrogen-bond acceptors (Lipinski definition) is 4. The number of fused-ring (bicyclic) bond motifs is 1. The van der Waals surface area contributed by atoms with Crippen LogP contribution in [0.1, 0.15) is 26.4 Å². The van der Waals surface area contributed by atoms with Crippen LogP contribution < -0.4 is 5.32 Å². The molecule has 0 saturated heterocycles. The summed E-state index contributed by atoms with van der Waals surface area (Å²) < 4.78 is 38.5. The number of carbonyl (C=O) groups excluding carboxylic acids is 3. The maximum Gasteiger partial charge on any atom is 0.417 e. The third-order valence-corrected chi connectivity index (χ3v) is 3.92. The number of aromatic nitrogens is 1. The van der Waals surface area contributed by atoms with E-state index in [1.165, 1.54) is 24.4 Å². The third kappa shape index (κ3) is 3.25. The summed E-state index contributed by atoms with van der Waals surface area (Å²) in [4.78, 5) is 40.8. The Labute approximate surface area is 149 Å². The molecule has 1 aliphatic heterocycles. The van der Waals surface area contributed by atoms with E-state index in [1.807, 2.05) is 0 Å². The molecular formula is C16H9ClF3N3O3. The lowest BCUT2D eigenvalue weighted by Crippen LogP contribution is -2.37. The Morgan fingerprint density at radius 2 is 1.92 bits per heavy atom. The van der Waals surface area contributed by atoms with Gasteiger partial charge in [0.15, 0.2) is 0 Å². The van der Waals surface area contributed by atoms with Crippen LogP contribution in [0.3, 0.4) is 0 Å². The molecule has 3 rings (SSSR count). The van der Waals surface area contributed by atoms with Gasteiger partial charge in [0.25, 0.3) is 11.8 Å². The third-order valence-electron chi connectivity index (χ3n) is 3.59. The molecular weight excluding hydrogens is 375 g/mol. The van der Waals surface area contributed by atoms with Crippen LogP contribution in [-0.2, 0) is 11.0 Å². The normalized spacial score (nSPS) is 13.8. The smallest absolute Gasteiger partial charge is 0.325 e. The van der Waals surface area contributed by atoms with E-state index in [2.05, 4.69) is 10.3 Å². The van der Waals surface area contributed by atoms with Crippen molar-refractivity contribution in [3.8, 4) is 0 Å². The van der Waals surface area contributed by atoms with Gasteiger partial charge in [-0.3, -0.25) is 24.3 Å². The molecule has 2 heterocycles. The minimum absolute atomic E-state index is 0.0659. The molecule has 0 fully saturated rings. The molecule has 0 radical (unpaired) electrons. The van der Waals surface area contributed by atoms with E-state index in [9.17, 15) is 27.6 Å². The van der Waals surface area contributed by atoms with Gasteiger partial charge in [0, 0.05) is 11.9 Å². The summed E-state index contributed by atoms with van der Waals surface area (Å²) in [6, 6.07) is 5.71. The first-order chi connectivity index (χ1) is 12.2. The van der Waals surface area contributed by atoms with Crippen molar-refractivity contribution in [2.45, 2.75) is 6.18 Å². The number of pyridine rings is 1. The molecule has 0 atom stereocenters. The summed E-state index contributed by atoms with van der Waals surface area (Å²) in [5.74, 6) is -2.27. The Morgan fingerprint density at radius 3 is 2.58 bits per heavy atom. The number of amides is 3. The van der Waals surface area contributed by atoms with Gasteiger partial charge in [-0.25, -0.2) is 0 Å². The predicted octanol–water partition coefficient (Wildman–Crippen LogP) is 2.99. The summed E-state index contributed by atoms with van der Waals surface area (Å²) in [5.41, 5.74) is -1.28. The van der Waals surface area contributed by atoms with Crippen molar-refractivity contribution in [3.63, 3.8) is 0 Å². The van der Waals surface area contributed by atoms with Crippen LogP contribution in [0.15, 0.2) is 36.5 Å². The lowest BCUT2D eigenvalue weighted by molar-refractivity contribution is -0.137. The Kier molecular flexibility index (Phi) is 4.41. The van der Waals surface area contributed by atoms with E-state index in [4.69, 9.17) is 11.6 Å². The lowest BCUT2D eigenvalue weighted by Gasteiger charge is -2.15. The van der Waals surface area contributed by atoms with Crippen molar-refractivity contribution in [2.75, 3.05) is 11.9 Å². The standard InChI is InChI=1S/C16H9ClF3N3O3/c17-11-4-3-8(6-10(11)16(18,19)20)22-12(24)7-23-14(25)9-2-1-5-21-13(9)15(23)26/h1-6H,7H2,(H,22,24). The molecule has 1 aromatic heterocycles. The average Bonchev–Trinajstić information content (AvgIpc) is 2.81. The van der Waals surface area contributed by atoms with Crippen molar-refractivity contribution in [1.82, 2.24) is 9.88 Å². The number of carbonyl (C=O) groups is 3.